The van der Waals surface area contributed by atoms with E-state index >= 15 is 0 Å². The molecule has 214 valence electrons. The van der Waals surface area contributed by atoms with Crippen LogP contribution in [-0.2, 0) is 32.6 Å². The van der Waals surface area contributed by atoms with Gasteiger partial charge in [0.1, 0.15) is 18.4 Å². The highest BCUT2D eigenvalue weighted by Crippen LogP contribution is 2.25. The van der Waals surface area contributed by atoms with E-state index in [1.165, 1.54) is 11.0 Å². The van der Waals surface area contributed by atoms with Crippen LogP contribution >= 0.6 is 0 Å². The van der Waals surface area contributed by atoms with Crippen molar-refractivity contribution in [2.45, 2.75) is 52.6 Å². The molecule has 0 saturated carbocycles. The highest BCUT2D eigenvalue weighted by atomic mass is 32.2. The van der Waals surface area contributed by atoms with E-state index in [0.717, 1.165) is 34.5 Å². The number of hydrogen-bond donors (Lipinski definition) is 1. The van der Waals surface area contributed by atoms with Gasteiger partial charge in [-0.1, -0.05) is 74.0 Å². The van der Waals surface area contributed by atoms with Gasteiger partial charge in [-0.25, -0.2) is 12.8 Å². The number of aryl methyl sites for hydroxylation is 2. The molecule has 40 heavy (non-hydrogen) atoms. The van der Waals surface area contributed by atoms with E-state index in [1.54, 1.807) is 37.3 Å². The number of anilines is 1. The minimum Gasteiger partial charge on any atom is -0.354 e. The van der Waals surface area contributed by atoms with Crippen LogP contribution in [-0.4, -0.2) is 50.5 Å². The molecule has 0 aliphatic rings. The number of carbonyl (C=O) groups is 2. The standard InChI is InChI=1S/C31H38FN3O4S/c1-5-6-18-33-31(37)29(20-25-12-8-7-9-13-25)34(21-26-14-10-11-15-27(26)32)30(36)22-35(40(4,38)39)28-19-23(2)16-17-24(28)3/h7-17,19,29H,5-6,18,20-22H2,1-4H3,(H,33,37). The van der Waals surface area contributed by atoms with Crippen LogP contribution in [0.25, 0.3) is 0 Å². The van der Waals surface area contributed by atoms with Gasteiger partial charge in [0, 0.05) is 25.1 Å². The fraction of sp³-hybridized carbons (Fsp3) is 0.355. The molecule has 1 N–H and O–H groups in total. The Hall–Kier alpha value is -3.72. The first-order chi connectivity index (χ1) is 19.0. The van der Waals surface area contributed by atoms with E-state index in [1.807, 2.05) is 50.2 Å². The molecule has 1 atom stereocenters. The summed E-state index contributed by atoms with van der Waals surface area (Å²) in [5, 5.41) is 2.91. The zero-order chi connectivity index (χ0) is 29.3. The molecule has 0 spiro atoms. The van der Waals surface area contributed by atoms with Crippen LogP contribution in [0.3, 0.4) is 0 Å². The maximum atomic E-state index is 14.8. The van der Waals surface area contributed by atoms with Gasteiger partial charge in [0.15, 0.2) is 0 Å². The Kier molecular flexibility index (Phi) is 10.8. The summed E-state index contributed by atoms with van der Waals surface area (Å²) in [6, 6.07) is 19.7. The highest BCUT2D eigenvalue weighted by molar-refractivity contribution is 7.92. The number of nitrogens with one attached hydrogen (secondary N) is 1. The lowest BCUT2D eigenvalue weighted by Crippen LogP contribution is -2.53. The number of carbonyl (C=O) groups excluding carboxylic acids is 2. The summed E-state index contributed by atoms with van der Waals surface area (Å²) in [7, 11) is -3.88. The zero-order valence-electron chi connectivity index (χ0n) is 23.6. The lowest BCUT2D eigenvalue weighted by molar-refractivity contribution is -0.140. The number of amides is 2. The van der Waals surface area contributed by atoms with Gasteiger partial charge in [0.25, 0.3) is 0 Å². The topological polar surface area (TPSA) is 86.8 Å². The van der Waals surface area contributed by atoms with Crippen LogP contribution in [0.4, 0.5) is 10.1 Å². The molecule has 0 fully saturated rings. The van der Waals surface area contributed by atoms with E-state index in [0.29, 0.717) is 17.8 Å². The molecule has 0 bridgehead atoms. The van der Waals surface area contributed by atoms with Gasteiger partial charge in [-0.2, -0.15) is 0 Å². The zero-order valence-corrected chi connectivity index (χ0v) is 24.4. The predicted molar refractivity (Wildman–Crippen MR) is 157 cm³/mol. The van der Waals surface area contributed by atoms with Crippen molar-refractivity contribution in [3.8, 4) is 0 Å². The molecule has 3 aromatic rings. The molecular formula is C31H38FN3O4S. The van der Waals surface area contributed by atoms with E-state index in [4.69, 9.17) is 0 Å². The normalized spacial score (nSPS) is 12.0. The minimum absolute atomic E-state index is 0.182. The molecule has 2 amide bonds. The quantitative estimate of drug-likeness (QED) is 0.302. The second-order valence-electron chi connectivity index (χ2n) is 10.0. The molecule has 7 nitrogen and oxygen atoms in total. The molecule has 9 heteroatoms. The second-order valence-corrected chi connectivity index (χ2v) is 11.9. The van der Waals surface area contributed by atoms with Crippen molar-refractivity contribution in [1.82, 2.24) is 10.2 Å². The molecule has 0 aromatic heterocycles. The van der Waals surface area contributed by atoms with Gasteiger partial charge in [0.05, 0.1) is 11.9 Å². The molecule has 0 aliphatic heterocycles. The van der Waals surface area contributed by atoms with Crippen molar-refractivity contribution in [2.75, 3.05) is 23.7 Å². The molecule has 0 saturated heterocycles. The summed E-state index contributed by atoms with van der Waals surface area (Å²) in [4.78, 5) is 28.9. The maximum absolute atomic E-state index is 14.8. The van der Waals surface area contributed by atoms with E-state index in [-0.39, 0.29) is 24.4 Å². The van der Waals surface area contributed by atoms with Crippen LogP contribution in [0, 0.1) is 19.7 Å². The van der Waals surface area contributed by atoms with Crippen LogP contribution in [0.5, 0.6) is 0 Å². The monoisotopic (exact) mass is 567 g/mol. The first-order valence-electron chi connectivity index (χ1n) is 13.4. The van der Waals surface area contributed by atoms with Crippen molar-refractivity contribution >= 4 is 27.5 Å². The first kappa shape index (κ1) is 30.8. The average Bonchev–Trinajstić information content (AvgIpc) is 2.91. The average molecular weight is 568 g/mol. The van der Waals surface area contributed by atoms with Gasteiger partial charge in [-0.3, -0.25) is 13.9 Å². The highest BCUT2D eigenvalue weighted by Gasteiger charge is 2.33. The summed E-state index contributed by atoms with van der Waals surface area (Å²) in [5.74, 6) is -1.50. The molecule has 3 aromatic carbocycles. The first-order valence-corrected chi connectivity index (χ1v) is 15.3. The molecule has 0 radical (unpaired) electrons. The third kappa shape index (κ3) is 8.39. The minimum atomic E-state index is -3.88. The van der Waals surface area contributed by atoms with Crippen LogP contribution < -0.4 is 9.62 Å². The van der Waals surface area contributed by atoms with Crippen molar-refractivity contribution in [1.29, 1.82) is 0 Å². The molecule has 0 aliphatic carbocycles. The third-order valence-corrected chi connectivity index (χ3v) is 7.84. The number of nitrogens with zero attached hydrogens (tertiary/aromatic N) is 2. The Bertz CT molecular complexity index is 1410. The smallest absolute Gasteiger partial charge is 0.244 e. The Morgan fingerprint density at radius 2 is 1.65 bits per heavy atom. The predicted octanol–water partition coefficient (Wildman–Crippen LogP) is 4.76. The van der Waals surface area contributed by atoms with Crippen LogP contribution in [0.15, 0.2) is 72.8 Å². The van der Waals surface area contributed by atoms with Gasteiger partial charge in [-0.15, -0.1) is 0 Å². The largest absolute Gasteiger partial charge is 0.354 e. The van der Waals surface area contributed by atoms with Crippen molar-refractivity contribution < 1.29 is 22.4 Å². The number of benzene rings is 3. The van der Waals surface area contributed by atoms with Gasteiger partial charge in [0.2, 0.25) is 21.8 Å². The molecule has 1 unspecified atom stereocenters. The lowest BCUT2D eigenvalue weighted by atomic mass is 10.0. The number of rotatable bonds is 13. The summed E-state index contributed by atoms with van der Waals surface area (Å²) >= 11 is 0. The SMILES string of the molecule is CCCCNC(=O)C(Cc1ccccc1)N(Cc1ccccc1F)C(=O)CN(c1cc(C)ccc1C)S(C)(=O)=O. The molecular weight excluding hydrogens is 529 g/mol. The molecule has 0 heterocycles. The van der Waals surface area contributed by atoms with Crippen LogP contribution in [0.1, 0.15) is 42.0 Å². The summed E-state index contributed by atoms with van der Waals surface area (Å²) in [6.07, 6.45) is 2.86. The Morgan fingerprint density at radius 3 is 2.30 bits per heavy atom. The number of sulfonamides is 1. The fourth-order valence-corrected chi connectivity index (χ4v) is 5.35. The van der Waals surface area contributed by atoms with E-state index in [2.05, 4.69) is 5.32 Å². The molecule has 3 rings (SSSR count). The Morgan fingerprint density at radius 1 is 0.975 bits per heavy atom. The van der Waals surface area contributed by atoms with E-state index in [9.17, 15) is 22.4 Å². The third-order valence-electron chi connectivity index (χ3n) is 6.71. The fourth-order valence-electron chi connectivity index (χ4n) is 4.45. The summed E-state index contributed by atoms with van der Waals surface area (Å²) < 4.78 is 41.8. The maximum Gasteiger partial charge on any atom is 0.244 e. The van der Waals surface area contributed by atoms with Gasteiger partial charge >= 0.3 is 0 Å². The van der Waals surface area contributed by atoms with E-state index < -0.39 is 34.3 Å². The van der Waals surface area contributed by atoms with Gasteiger partial charge < -0.3 is 10.2 Å². The summed E-state index contributed by atoms with van der Waals surface area (Å²) in [6.45, 7) is 5.31. The van der Waals surface area contributed by atoms with Gasteiger partial charge in [-0.05, 0) is 49.1 Å². The van der Waals surface area contributed by atoms with Crippen molar-refractivity contribution in [3.63, 3.8) is 0 Å². The number of hydrogen-bond acceptors (Lipinski definition) is 4. The van der Waals surface area contributed by atoms with Crippen LogP contribution in [0.2, 0.25) is 0 Å². The Balaban J connectivity index is 2.07. The Labute approximate surface area is 237 Å². The number of halogens is 1. The lowest BCUT2D eigenvalue weighted by Gasteiger charge is -2.34. The summed E-state index contributed by atoms with van der Waals surface area (Å²) in [5.41, 5.74) is 2.95. The second kappa shape index (κ2) is 14.1. The number of unbranched alkanes of at least 4 members (excludes halogenated alkanes) is 1. The van der Waals surface area contributed by atoms with Crippen molar-refractivity contribution in [2.24, 2.45) is 0 Å². The van der Waals surface area contributed by atoms with Crippen molar-refractivity contribution in [3.05, 3.63) is 101 Å².